The molecule has 1 saturated carbocycles. The van der Waals surface area contributed by atoms with Gasteiger partial charge in [-0.05, 0) is 51.4 Å². The predicted octanol–water partition coefficient (Wildman–Crippen LogP) is 2.54. The molecule has 3 heteroatoms. The molecule has 1 aliphatic carbocycles. The average molecular weight is 236 g/mol. The summed E-state index contributed by atoms with van der Waals surface area (Å²) < 4.78 is 5.85. The summed E-state index contributed by atoms with van der Waals surface area (Å²) in [5, 5.41) is 3.13. The summed E-state index contributed by atoms with van der Waals surface area (Å²) in [6.07, 6.45) is 4.24. The molecule has 1 aromatic heterocycles. The molecule has 3 nitrogen and oxygen atoms in total. The maximum absolute atomic E-state index is 5.85. The van der Waals surface area contributed by atoms with Gasteiger partial charge in [-0.25, -0.2) is 0 Å². The summed E-state index contributed by atoms with van der Waals surface area (Å²) in [5.74, 6) is 3.09. The Morgan fingerprint density at radius 3 is 2.82 bits per heavy atom. The SMILES string of the molecule is CNCc1oc(CN(C)CC2CCC2)cc1C. The van der Waals surface area contributed by atoms with E-state index in [1.54, 1.807) is 0 Å². The Hall–Kier alpha value is -0.800. The van der Waals surface area contributed by atoms with Crippen molar-refractivity contribution in [3.63, 3.8) is 0 Å². The average Bonchev–Trinajstić information content (AvgIpc) is 2.54. The van der Waals surface area contributed by atoms with Crippen molar-refractivity contribution in [2.24, 2.45) is 5.92 Å². The van der Waals surface area contributed by atoms with Crippen LogP contribution in [0, 0.1) is 12.8 Å². The minimum Gasteiger partial charge on any atom is -0.463 e. The summed E-state index contributed by atoms with van der Waals surface area (Å²) >= 11 is 0. The summed E-state index contributed by atoms with van der Waals surface area (Å²) in [4.78, 5) is 2.38. The first-order valence-corrected chi connectivity index (χ1v) is 6.60. The number of nitrogens with one attached hydrogen (secondary N) is 1. The zero-order valence-corrected chi connectivity index (χ0v) is 11.3. The van der Waals surface area contributed by atoms with Crippen LogP contribution in [-0.4, -0.2) is 25.5 Å². The van der Waals surface area contributed by atoms with Crippen molar-refractivity contribution in [1.82, 2.24) is 10.2 Å². The van der Waals surface area contributed by atoms with E-state index in [9.17, 15) is 0 Å². The lowest BCUT2D eigenvalue weighted by Crippen LogP contribution is -2.28. The van der Waals surface area contributed by atoms with Crippen molar-refractivity contribution in [2.75, 3.05) is 20.6 Å². The number of hydrogen-bond donors (Lipinski definition) is 1. The molecule has 2 rings (SSSR count). The van der Waals surface area contributed by atoms with E-state index in [2.05, 4.69) is 30.3 Å². The van der Waals surface area contributed by atoms with Crippen molar-refractivity contribution in [2.45, 2.75) is 39.3 Å². The molecule has 1 fully saturated rings. The van der Waals surface area contributed by atoms with Gasteiger partial charge in [-0.2, -0.15) is 0 Å². The molecule has 0 unspecified atom stereocenters. The number of rotatable bonds is 6. The van der Waals surface area contributed by atoms with Gasteiger partial charge in [0, 0.05) is 6.54 Å². The molecule has 0 atom stereocenters. The fourth-order valence-corrected chi connectivity index (χ4v) is 2.45. The third-order valence-electron chi connectivity index (χ3n) is 3.63. The second-order valence-corrected chi connectivity index (χ2v) is 5.34. The number of hydrogen-bond acceptors (Lipinski definition) is 3. The Labute approximate surface area is 104 Å². The minimum absolute atomic E-state index is 0.818. The van der Waals surface area contributed by atoms with E-state index in [0.29, 0.717) is 0 Å². The van der Waals surface area contributed by atoms with Crippen LogP contribution < -0.4 is 5.32 Å². The topological polar surface area (TPSA) is 28.4 Å². The highest BCUT2D eigenvalue weighted by Gasteiger charge is 2.19. The van der Waals surface area contributed by atoms with E-state index < -0.39 is 0 Å². The van der Waals surface area contributed by atoms with Gasteiger partial charge in [0.2, 0.25) is 0 Å². The first kappa shape index (κ1) is 12.7. The van der Waals surface area contributed by atoms with Crippen molar-refractivity contribution in [3.05, 3.63) is 23.2 Å². The standard InChI is InChI=1S/C14H24N2O/c1-11-7-13(17-14(11)8-15-2)10-16(3)9-12-5-4-6-12/h7,12,15H,4-6,8-10H2,1-3H3. The summed E-state index contributed by atoms with van der Waals surface area (Å²) in [6, 6.07) is 2.17. The predicted molar refractivity (Wildman–Crippen MR) is 69.9 cm³/mol. The molecule has 1 aromatic rings. The number of aryl methyl sites for hydroxylation is 1. The van der Waals surface area contributed by atoms with Crippen LogP contribution in [-0.2, 0) is 13.1 Å². The lowest BCUT2D eigenvalue weighted by atomic mass is 9.85. The van der Waals surface area contributed by atoms with E-state index in [0.717, 1.165) is 30.5 Å². The molecule has 1 aliphatic rings. The molecule has 0 aliphatic heterocycles. The van der Waals surface area contributed by atoms with Crippen LogP contribution in [0.4, 0.5) is 0 Å². The first-order valence-electron chi connectivity index (χ1n) is 6.60. The third kappa shape index (κ3) is 3.33. The van der Waals surface area contributed by atoms with Crippen molar-refractivity contribution >= 4 is 0 Å². The lowest BCUT2D eigenvalue weighted by molar-refractivity contribution is 0.190. The van der Waals surface area contributed by atoms with Gasteiger partial charge >= 0.3 is 0 Å². The molecule has 0 spiro atoms. The summed E-state index contributed by atoms with van der Waals surface area (Å²) in [5.41, 5.74) is 1.26. The van der Waals surface area contributed by atoms with Crippen molar-refractivity contribution in [3.8, 4) is 0 Å². The van der Waals surface area contributed by atoms with E-state index in [-0.39, 0.29) is 0 Å². The normalized spacial score (nSPS) is 16.5. The van der Waals surface area contributed by atoms with Crippen LogP contribution in [0.1, 0.15) is 36.3 Å². The van der Waals surface area contributed by atoms with Crippen LogP contribution in [0.25, 0.3) is 0 Å². The fourth-order valence-electron chi connectivity index (χ4n) is 2.45. The monoisotopic (exact) mass is 236 g/mol. The maximum Gasteiger partial charge on any atom is 0.120 e. The second kappa shape index (κ2) is 5.69. The smallest absolute Gasteiger partial charge is 0.120 e. The largest absolute Gasteiger partial charge is 0.463 e. The quantitative estimate of drug-likeness (QED) is 0.823. The molecule has 0 saturated heterocycles. The Kier molecular flexibility index (Phi) is 4.24. The van der Waals surface area contributed by atoms with Gasteiger partial charge in [-0.15, -0.1) is 0 Å². The summed E-state index contributed by atoms with van der Waals surface area (Å²) in [6.45, 7) is 5.08. The molecule has 1 heterocycles. The Balaban J connectivity index is 1.86. The van der Waals surface area contributed by atoms with Crippen LogP contribution in [0.5, 0.6) is 0 Å². The number of nitrogens with zero attached hydrogens (tertiary/aromatic N) is 1. The highest BCUT2D eigenvalue weighted by Crippen LogP contribution is 2.27. The Bertz CT molecular complexity index is 355. The maximum atomic E-state index is 5.85. The minimum atomic E-state index is 0.818. The van der Waals surface area contributed by atoms with Crippen molar-refractivity contribution < 1.29 is 4.42 Å². The molecule has 0 radical (unpaired) electrons. The Morgan fingerprint density at radius 1 is 1.47 bits per heavy atom. The zero-order valence-electron chi connectivity index (χ0n) is 11.3. The second-order valence-electron chi connectivity index (χ2n) is 5.34. The van der Waals surface area contributed by atoms with E-state index >= 15 is 0 Å². The fraction of sp³-hybridized carbons (Fsp3) is 0.714. The Morgan fingerprint density at radius 2 is 2.24 bits per heavy atom. The summed E-state index contributed by atoms with van der Waals surface area (Å²) in [7, 11) is 4.14. The van der Waals surface area contributed by atoms with Crippen LogP contribution in [0.2, 0.25) is 0 Å². The molecular formula is C14H24N2O. The number of furan rings is 1. The van der Waals surface area contributed by atoms with Gasteiger partial charge in [0.25, 0.3) is 0 Å². The van der Waals surface area contributed by atoms with Gasteiger partial charge in [-0.1, -0.05) is 6.42 Å². The van der Waals surface area contributed by atoms with Gasteiger partial charge in [0.15, 0.2) is 0 Å². The van der Waals surface area contributed by atoms with E-state index in [1.807, 2.05) is 7.05 Å². The van der Waals surface area contributed by atoms with Gasteiger partial charge in [0.05, 0.1) is 13.1 Å². The molecule has 0 aromatic carbocycles. The van der Waals surface area contributed by atoms with Crippen LogP contribution >= 0.6 is 0 Å². The van der Waals surface area contributed by atoms with E-state index in [4.69, 9.17) is 4.42 Å². The molecule has 0 amide bonds. The van der Waals surface area contributed by atoms with Crippen LogP contribution in [0.15, 0.2) is 10.5 Å². The third-order valence-corrected chi connectivity index (χ3v) is 3.63. The van der Waals surface area contributed by atoms with Crippen molar-refractivity contribution in [1.29, 1.82) is 0 Å². The van der Waals surface area contributed by atoms with Crippen LogP contribution in [0.3, 0.4) is 0 Å². The molecule has 1 N–H and O–H groups in total. The zero-order chi connectivity index (χ0) is 12.3. The highest BCUT2D eigenvalue weighted by molar-refractivity contribution is 5.19. The van der Waals surface area contributed by atoms with Gasteiger partial charge in [0.1, 0.15) is 11.5 Å². The first-order chi connectivity index (χ1) is 8.19. The lowest BCUT2D eigenvalue weighted by Gasteiger charge is -2.29. The molecule has 0 bridgehead atoms. The van der Waals surface area contributed by atoms with Gasteiger partial charge in [-0.3, -0.25) is 4.90 Å². The molecule has 96 valence electrons. The van der Waals surface area contributed by atoms with Gasteiger partial charge < -0.3 is 9.73 Å². The van der Waals surface area contributed by atoms with E-state index in [1.165, 1.54) is 31.4 Å². The highest BCUT2D eigenvalue weighted by atomic mass is 16.3. The molecule has 17 heavy (non-hydrogen) atoms. The molecular weight excluding hydrogens is 212 g/mol.